The maximum absolute atomic E-state index is 13.5. The zero-order valence-corrected chi connectivity index (χ0v) is 22.0. The first kappa shape index (κ1) is 30.2. The van der Waals surface area contributed by atoms with Gasteiger partial charge in [-0.05, 0) is 42.7 Å². The van der Waals surface area contributed by atoms with E-state index in [2.05, 4.69) is 5.10 Å². The molecule has 2 aromatic carbocycles. The number of carbonyl (C=O) groups is 2. The van der Waals surface area contributed by atoms with Crippen LogP contribution in [-0.2, 0) is 21.6 Å². The molecule has 0 saturated heterocycles. The highest BCUT2D eigenvalue weighted by Crippen LogP contribution is 3.02. The van der Waals surface area contributed by atoms with E-state index in [1.807, 2.05) is 5.32 Å². The van der Waals surface area contributed by atoms with Crippen LogP contribution in [0.2, 0.25) is 10.0 Å². The molecule has 1 heterocycles. The highest BCUT2D eigenvalue weighted by atomic mass is 35.5. The number of benzene rings is 2. The van der Waals surface area contributed by atoms with Crippen LogP contribution in [0.15, 0.2) is 29.2 Å². The van der Waals surface area contributed by atoms with Crippen molar-refractivity contribution in [3.63, 3.8) is 0 Å². The third-order valence-corrected chi connectivity index (χ3v) is 7.61. The number of hydrogen-bond acceptors (Lipinski definition) is 5. The van der Waals surface area contributed by atoms with Crippen molar-refractivity contribution in [2.24, 2.45) is 0 Å². The minimum absolute atomic E-state index is 0.0782. The summed E-state index contributed by atoms with van der Waals surface area (Å²) in [6, 6.07) is 2.27. The fraction of sp³-hybridized carbons (Fsp3) is 0.182. The molecule has 41 heavy (non-hydrogen) atoms. The first-order valence-corrected chi connectivity index (χ1v) is 13.5. The van der Waals surface area contributed by atoms with E-state index in [9.17, 15) is 52.6 Å². The van der Waals surface area contributed by atoms with Crippen molar-refractivity contribution in [1.82, 2.24) is 9.78 Å². The van der Waals surface area contributed by atoms with Crippen molar-refractivity contribution >= 4 is 51.3 Å². The van der Waals surface area contributed by atoms with Crippen molar-refractivity contribution in [2.75, 3.05) is 5.32 Å². The van der Waals surface area contributed by atoms with E-state index in [-0.39, 0.29) is 30.5 Å². The molecule has 19 heteroatoms. The molecule has 0 aliphatic heterocycles. The highest BCUT2D eigenvalue weighted by Gasteiger charge is 2.66. The molecule has 0 spiro atoms. The molecule has 0 radical (unpaired) electrons. The van der Waals surface area contributed by atoms with E-state index in [1.165, 1.54) is 0 Å². The van der Waals surface area contributed by atoms with Gasteiger partial charge in [-0.2, -0.15) is 10.4 Å². The van der Waals surface area contributed by atoms with Crippen LogP contribution in [0.3, 0.4) is 0 Å². The number of aromatic nitrogens is 2. The lowest BCUT2D eigenvalue weighted by molar-refractivity contribution is -0.140. The molecular weight excluding hydrogens is 639 g/mol. The van der Waals surface area contributed by atoms with Gasteiger partial charge in [0.05, 0.1) is 21.0 Å². The van der Waals surface area contributed by atoms with Gasteiger partial charge in [-0.1, -0.05) is 42.6 Å². The van der Waals surface area contributed by atoms with E-state index < -0.39 is 89.5 Å². The number of hydrogen-bond donors (Lipinski definition) is 2. The lowest BCUT2D eigenvalue weighted by Crippen LogP contribution is -2.24. The van der Waals surface area contributed by atoms with Gasteiger partial charge in [-0.25, -0.2) is 22.6 Å². The fourth-order valence-corrected chi connectivity index (χ4v) is 5.32. The quantitative estimate of drug-likeness (QED) is 0.198. The molecule has 4 rings (SSSR count). The van der Waals surface area contributed by atoms with Crippen LogP contribution in [0.25, 0.3) is 5.69 Å². The lowest BCUT2D eigenvalue weighted by Gasteiger charge is -2.40. The molecule has 1 amide bonds. The summed E-state index contributed by atoms with van der Waals surface area (Å²) in [4.78, 5) is 22.2. The van der Waals surface area contributed by atoms with Crippen molar-refractivity contribution in [3.05, 3.63) is 68.6 Å². The Kier molecular flexibility index (Phi) is 6.73. The number of halogens is 10. The average Bonchev–Trinajstić information content (AvgIpc) is 3.57. The summed E-state index contributed by atoms with van der Waals surface area (Å²) in [7, 11) is -10.3. The molecule has 1 fully saturated rings. The summed E-state index contributed by atoms with van der Waals surface area (Å²) in [6.07, 6.45) is -1.63. The van der Waals surface area contributed by atoms with Crippen LogP contribution in [-0.4, -0.2) is 26.9 Å². The highest BCUT2D eigenvalue weighted by molar-refractivity contribution is 8.45. The van der Waals surface area contributed by atoms with Crippen LogP contribution < -0.4 is 5.32 Å². The zero-order valence-electron chi connectivity index (χ0n) is 19.6. The Hall–Kier alpha value is -3.75. The summed E-state index contributed by atoms with van der Waals surface area (Å²) in [5.74, 6) is -7.15. The summed E-state index contributed by atoms with van der Waals surface area (Å²) < 4.78 is 112. The molecule has 0 bridgehead atoms. The van der Waals surface area contributed by atoms with Gasteiger partial charge in [-0.3, -0.25) is 10.1 Å². The summed E-state index contributed by atoms with van der Waals surface area (Å²) >= 11 is 11.8. The molecule has 1 saturated carbocycles. The zero-order chi connectivity index (χ0) is 30.8. The van der Waals surface area contributed by atoms with Gasteiger partial charge in [0.2, 0.25) is 0 Å². The van der Waals surface area contributed by atoms with Gasteiger partial charge < -0.3 is 9.84 Å². The summed E-state index contributed by atoms with van der Waals surface area (Å²) in [5, 5.41) is 23.1. The number of carbonyl (C=O) groups excluding carboxylic acids is 1. The SMILES string of the molecule is N#Cc1nn(-c2c(Cl)cc(S(F)(F)(F)(F)F)cc2Cl)c(NC(=O)OCc2cc(F)c(F)c(F)c2)c1C1(C(=O)O)CC1. The number of nitrogens with zero attached hydrogens (tertiary/aromatic N) is 3. The van der Waals surface area contributed by atoms with E-state index >= 15 is 0 Å². The first-order valence-electron chi connectivity index (χ1n) is 10.8. The Morgan fingerprint density at radius 1 is 1.07 bits per heavy atom. The number of amides is 1. The number of anilines is 1. The largest absolute Gasteiger partial charge is 0.481 e. The van der Waals surface area contributed by atoms with Crippen molar-refractivity contribution in [1.29, 1.82) is 5.26 Å². The van der Waals surface area contributed by atoms with E-state index in [0.717, 1.165) is 0 Å². The van der Waals surface area contributed by atoms with Gasteiger partial charge in [0.15, 0.2) is 23.1 Å². The van der Waals surface area contributed by atoms with E-state index in [4.69, 9.17) is 27.9 Å². The molecule has 220 valence electrons. The van der Waals surface area contributed by atoms with Crippen LogP contribution in [0, 0.1) is 28.8 Å². The van der Waals surface area contributed by atoms with Crippen molar-refractivity contribution in [3.8, 4) is 11.8 Å². The molecule has 3 aromatic rings. The second-order valence-electron chi connectivity index (χ2n) is 8.76. The van der Waals surface area contributed by atoms with Gasteiger partial charge >= 0.3 is 22.3 Å². The third kappa shape index (κ3) is 5.72. The smallest absolute Gasteiger partial charge is 0.413 e. The number of rotatable bonds is 7. The number of aliphatic carboxylic acids is 1. The Bertz CT molecular complexity index is 1640. The van der Waals surface area contributed by atoms with Gasteiger partial charge in [0.1, 0.15) is 29.1 Å². The van der Waals surface area contributed by atoms with Crippen molar-refractivity contribution < 1.29 is 52.0 Å². The topological polar surface area (TPSA) is 117 Å². The van der Waals surface area contributed by atoms with Crippen molar-refractivity contribution in [2.45, 2.75) is 29.8 Å². The molecule has 1 aromatic heterocycles. The first-order chi connectivity index (χ1) is 18.7. The minimum Gasteiger partial charge on any atom is -0.481 e. The van der Waals surface area contributed by atoms with Crippen LogP contribution in [0.1, 0.15) is 29.7 Å². The van der Waals surface area contributed by atoms with Crippen LogP contribution in [0.4, 0.5) is 43.2 Å². The standard InChI is InChI=1S/C22H12Cl2F8N4O4S/c23-11-5-10(41(28,29,30,31)32)6-12(24)18(11)36-19(16(15(7-33)35-36)22(1-2-22)20(37)38)34-21(39)40-8-9-3-13(25)17(27)14(26)4-9/h3-6H,1-2,8H2,(H,34,39)(H,37,38). The molecule has 0 atom stereocenters. The number of nitrogens with one attached hydrogen (secondary N) is 1. The maximum Gasteiger partial charge on any atom is 0.413 e. The van der Waals surface area contributed by atoms with Crippen LogP contribution in [0.5, 0.6) is 0 Å². The van der Waals surface area contributed by atoms with Gasteiger partial charge in [-0.15, -0.1) is 0 Å². The Labute approximate surface area is 233 Å². The molecule has 1 aliphatic rings. The number of carboxylic acids is 1. The molecule has 1 aliphatic carbocycles. The average molecular weight is 651 g/mol. The fourth-order valence-electron chi connectivity index (χ4n) is 3.86. The van der Waals surface area contributed by atoms with E-state index in [1.54, 1.807) is 6.07 Å². The van der Waals surface area contributed by atoms with Crippen LogP contribution >= 0.6 is 33.4 Å². The van der Waals surface area contributed by atoms with Gasteiger partial charge in [0.25, 0.3) is 0 Å². The normalized spacial score (nSPS) is 15.8. The number of nitriles is 1. The summed E-state index contributed by atoms with van der Waals surface area (Å²) in [5.41, 5.74) is -4.00. The molecular formula is C22H12Cl2F8N4O4S. The molecule has 8 nitrogen and oxygen atoms in total. The molecule has 2 N–H and O–H groups in total. The Balaban J connectivity index is 1.82. The number of carboxylic acid groups (broad SMARTS) is 1. The number of ether oxygens (including phenoxy) is 1. The summed E-state index contributed by atoms with van der Waals surface area (Å²) in [6.45, 7) is -0.862. The molecule has 0 unspecified atom stereocenters. The predicted octanol–water partition coefficient (Wildman–Crippen LogP) is 7.99. The second kappa shape index (κ2) is 9.13. The van der Waals surface area contributed by atoms with E-state index in [0.29, 0.717) is 16.8 Å². The maximum atomic E-state index is 13.5. The third-order valence-electron chi connectivity index (χ3n) is 5.91. The Morgan fingerprint density at radius 3 is 2.05 bits per heavy atom. The minimum atomic E-state index is -10.3. The predicted molar refractivity (Wildman–Crippen MR) is 128 cm³/mol. The monoisotopic (exact) mass is 650 g/mol. The lowest BCUT2D eigenvalue weighted by atomic mass is 9.95. The second-order valence-corrected chi connectivity index (χ2v) is 12.0. The Morgan fingerprint density at radius 2 is 1.61 bits per heavy atom. The van der Waals surface area contributed by atoms with Gasteiger partial charge in [0, 0.05) is 0 Å².